The molecule has 1 aromatic carbocycles. The summed E-state index contributed by atoms with van der Waals surface area (Å²) in [6, 6.07) is 8.19. The zero-order chi connectivity index (χ0) is 9.97. The second-order valence-electron chi connectivity index (χ2n) is 3.47. The standard InChI is InChI=1S/C12H14OS/c1-9-10-5-2-3-6-12(10)13-11(9)7-4-8-14/h2-3,5-6,14H,4,7-8H2,1H3. The summed E-state index contributed by atoms with van der Waals surface area (Å²) in [5.74, 6) is 2.02. The molecule has 0 saturated carbocycles. The molecule has 0 amide bonds. The monoisotopic (exact) mass is 206 g/mol. The molecule has 0 aliphatic carbocycles. The highest BCUT2D eigenvalue weighted by atomic mass is 32.1. The van der Waals surface area contributed by atoms with E-state index in [-0.39, 0.29) is 0 Å². The topological polar surface area (TPSA) is 13.1 Å². The third-order valence-corrected chi connectivity index (χ3v) is 2.82. The van der Waals surface area contributed by atoms with Crippen LogP contribution in [0.1, 0.15) is 17.7 Å². The van der Waals surface area contributed by atoms with Gasteiger partial charge in [-0.05, 0) is 30.7 Å². The van der Waals surface area contributed by atoms with Crippen molar-refractivity contribution in [3.8, 4) is 0 Å². The third kappa shape index (κ3) is 1.67. The molecule has 0 radical (unpaired) electrons. The van der Waals surface area contributed by atoms with E-state index in [0.717, 1.165) is 29.9 Å². The normalized spacial score (nSPS) is 11.0. The Balaban J connectivity index is 2.41. The molecule has 2 aromatic rings. The van der Waals surface area contributed by atoms with E-state index in [1.165, 1.54) is 10.9 Å². The van der Waals surface area contributed by atoms with E-state index in [4.69, 9.17) is 4.42 Å². The molecular weight excluding hydrogens is 192 g/mol. The molecule has 0 atom stereocenters. The maximum absolute atomic E-state index is 5.77. The van der Waals surface area contributed by atoms with Crippen LogP contribution in [0, 0.1) is 6.92 Å². The molecule has 0 aliphatic heterocycles. The van der Waals surface area contributed by atoms with Crippen LogP contribution in [0.4, 0.5) is 0 Å². The number of hydrogen-bond donors (Lipinski definition) is 1. The fourth-order valence-electron chi connectivity index (χ4n) is 1.70. The lowest BCUT2D eigenvalue weighted by molar-refractivity contribution is 0.542. The zero-order valence-corrected chi connectivity index (χ0v) is 9.18. The highest BCUT2D eigenvalue weighted by molar-refractivity contribution is 7.80. The van der Waals surface area contributed by atoms with Crippen molar-refractivity contribution in [2.45, 2.75) is 19.8 Å². The first-order valence-electron chi connectivity index (χ1n) is 4.91. The summed E-state index contributed by atoms with van der Waals surface area (Å²) in [5.41, 5.74) is 2.28. The molecule has 0 aliphatic rings. The van der Waals surface area contributed by atoms with Crippen molar-refractivity contribution in [1.29, 1.82) is 0 Å². The molecule has 0 spiro atoms. The molecule has 0 saturated heterocycles. The summed E-state index contributed by atoms with van der Waals surface area (Å²) in [7, 11) is 0. The van der Waals surface area contributed by atoms with Crippen LogP contribution in [0.5, 0.6) is 0 Å². The van der Waals surface area contributed by atoms with Crippen LogP contribution < -0.4 is 0 Å². The van der Waals surface area contributed by atoms with Gasteiger partial charge in [0.1, 0.15) is 11.3 Å². The van der Waals surface area contributed by atoms with Crippen molar-refractivity contribution in [3.63, 3.8) is 0 Å². The van der Waals surface area contributed by atoms with Gasteiger partial charge in [-0.2, -0.15) is 12.6 Å². The van der Waals surface area contributed by atoms with Crippen LogP contribution in [0.15, 0.2) is 28.7 Å². The second kappa shape index (κ2) is 4.09. The Morgan fingerprint density at radius 2 is 2.07 bits per heavy atom. The van der Waals surface area contributed by atoms with Gasteiger partial charge in [-0.15, -0.1) is 0 Å². The molecule has 0 unspecified atom stereocenters. The predicted octanol–water partition coefficient (Wildman–Crippen LogP) is 3.60. The minimum atomic E-state index is 0.913. The maximum Gasteiger partial charge on any atom is 0.134 e. The molecule has 1 nitrogen and oxygen atoms in total. The Labute approximate surface area is 89.5 Å². The lowest BCUT2D eigenvalue weighted by Gasteiger charge is -1.94. The Hall–Kier alpha value is -0.890. The Bertz CT molecular complexity index is 431. The minimum absolute atomic E-state index is 0.913. The van der Waals surface area contributed by atoms with E-state index >= 15 is 0 Å². The molecular formula is C12H14OS. The number of furan rings is 1. The quantitative estimate of drug-likeness (QED) is 0.757. The van der Waals surface area contributed by atoms with Gasteiger partial charge in [-0.3, -0.25) is 0 Å². The molecule has 0 N–H and O–H groups in total. The molecule has 14 heavy (non-hydrogen) atoms. The first-order chi connectivity index (χ1) is 6.83. The van der Waals surface area contributed by atoms with Gasteiger partial charge >= 0.3 is 0 Å². The minimum Gasteiger partial charge on any atom is -0.461 e. The first-order valence-corrected chi connectivity index (χ1v) is 5.54. The van der Waals surface area contributed by atoms with Crippen LogP contribution in [0.3, 0.4) is 0 Å². The average molecular weight is 206 g/mol. The van der Waals surface area contributed by atoms with E-state index in [0.29, 0.717) is 0 Å². The van der Waals surface area contributed by atoms with E-state index < -0.39 is 0 Å². The van der Waals surface area contributed by atoms with Crippen LogP contribution in [-0.4, -0.2) is 5.75 Å². The first kappa shape index (κ1) is 9.66. The largest absolute Gasteiger partial charge is 0.461 e. The van der Waals surface area contributed by atoms with E-state index in [1.807, 2.05) is 18.2 Å². The summed E-state index contributed by atoms with van der Waals surface area (Å²) < 4.78 is 5.77. The van der Waals surface area contributed by atoms with Gasteiger partial charge in [-0.25, -0.2) is 0 Å². The fourth-order valence-corrected chi connectivity index (χ4v) is 1.86. The van der Waals surface area contributed by atoms with Crippen LogP contribution in [0.25, 0.3) is 11.0 Å². The molecule has 1 aromatic heterocycles. The number of para-hydroxylation sites is 1. The van der Waals surface area contributed by atoms with E-state index in [2.05, 4.69) is 25.6 Å². The van der Waals surface area contributed by atoms with Gasteiger partial charge in [0, 0.05) is 11.8 Å². The van der Waals surface area contributed by atoms with Gasteiger partial charge in [-0.1, -0.05) is 18.2 Å². The molecule has 0 fully saturated rings. The van der Waals surface area contributed by atoms with Crippen LogP contribution in [0.2, 0.25) is 0 Å². The number of hydrogen-bond acceptors (Lipinski definition) is 2. The summed E-state index contributed by atoms with van der Waals surface area (Å²) in [6.07, 6.45) is 2.06. The van der Waals surface area contributed by atoms with Crippen molar-refractivity contribution in [2.24, 2.45) is 0 Å². The molecule has 2 heteroatoms. The van der Waals surface area contributed by atoms with Gasteiger partial charge in [0.2, 0.25) is 0 Å². The van der Waals surface area contributed by atoms with Gasteiger partial charge in [0.15, 0.2) is 0 Å². The molecule has 0 bridgehead atoms. The maximum atomic E-state index is 5.77. The number of thiol groups is 1. The summed E-state index contributed by atoms with van der Waals surface area (Å²) in [4.78, 5) is 0. The SMILES string of the molecule is Cc1c(CCCS)oc2ccccc12. The lowest BCUT2D eigenvalue weighted by atomic mass is 10.1. The lowest BCUT2D eigenvalue weighted by Crippen LogP contribution is -1.85. The van der Waals surface area contributed by atoms with Crippen LogP contribution >= 0.6 is 12.6 Å². The van der Waals surface area contributed by atoms with Crippen LogP contribution in [-0.2, 0) is 6.42 Å². The fraction of sp³-hybridized carbons (Fsp3) is 0.333. The van der Waals surface area contributed by atoms with E-state index in [9.17, 15) is 0 Å². The molecule has 1 heterocycles. The smallest absolute Gasteiger partial charge is 0.134 e. The van der Waals surface area contributed by atoms with Crippen molar-refractivity contribution in [3.05, 3.63) is 35.6 Å². The Morgan fingerprint density at radius 1 is 1.29 bits per heavy atom. The molecule has 2 rings (SSSR count). The Morgan fingerprint density at radius 3 is 2.79 bits per heavy atom. The average Bonchev–Trinajstić information content (AvgIpc) is 2.54. The number of rotatable bonds is 3. The number of benzene rings is 1. The van der Waals surface area contributed by atoms with E-state index in [1.54, 1.807) is 0 Å². The van der Waals surface area contributed by atoms with Gasteiger partial charge < -0.3 is 4.42 Å². The number of fused-ring (bicyclic) bond motifs is 1. The number of aryl methyl sites for hydroxylation is 2. The second-order valence-corrected chi connectivity index (χ2v) is 3.92. The summed E-state index contributed by atoms with van der Waals surface area (Å²) in [6.45, 7) is 2.12. The highest BCUT2D eigenvalue weighted by Crippen LogP contribution is 2.25. The predicted molar refractivity (Wildman–Crippen MR) is 63.1 cm³/mol. The van der Waals surface area contributed by atoms with Gasteiger partial charge in [0.05, 0.1) is 0 Å². The van der Waals surface area contributed by atoms with Gasteiger partial charge in [0.25, 0.3) is 0 Å². The highest BCUT2D eigenvalue weighted by Gasteiger charge is 2.08. The van der Waals surface area contributed by atoms with Crippen molar-refractivity contribution in [2.75, 3.05) is 5.75 Å². The van der Waals surface area contributed by atoms with Crippen molar-refractivity contribution >= 4 is 23.6 Å². The summed E-state index contributed by atoms with van der Waals surface area (Å²) >= 11 is 4.21. The van der Waals surface area contributed by atoms with Crippen molar-refractivity contribution in [1.82, 2.24) is 0 Å². The zero-order valence-electron chi connectivity index (χ0n) is 8.29. The molecule has 74 valence electrons. The van der Waals surface area contributed by atoms with Crippen molar-refractivity contribution < 1.29 is 4.42 Å². The third-order valence-electron chi connectivity index (χ3n) is 2.50. The Kier molecular flexibility index (Phi) is 2.82. The summed E-state index contributed by atoms with van der Waals surface area (Å²) in [5, 5.41) is 1.24.